The summed E-state index contributed by atoms with van der Waals surface area (Å²) in [5, 5.41) is 7.48. The number of guanidine groups is 1. The van der Waals surface area contributed by atoms with Crippen molar-refractivity contribution in [3.63, 3.8) is 0 Å². The molecule has 1 aliphatic carbocycles. The Morgan fingerprint density at radius 1 is 1.42 bits per heavy atom. The molecular weight excluding hydrogens is 240 g/mol. The van der Waals surface area contributed by atoms with Gasteiger partial charge in [-0.2, -0.15) is 0 Å². The van der Waals surface area contributed by atoms with Gasteiger partial charge in [0, 0.05) is 26.2 Å². The molecule has 5 nitrogen and oxygen atoms in total. The van der Waals surface area contributed by atoms with Crippen LogP contribution in [0.15, 0.2) is 21.8 Å². The molecule has 1 aromatic heterocycles. The second-order valence-corrected chi connectivity index (χ2v) is 6.41. The van der Waals surface area contributed by atoms with Crippen LogP contribution in [0.1, 0.15) is 33.4 Å². The van der Waals surface area contributed by atoms with Crippen LogP contribution in [0.2, 0.25) is 0 Å². The van der Waals surface area contributed by atoms with Crippen LogP contribution in [0, 0.1) is 10.8 Å². The van der Waals surface area contributed by atoms with Crippen LogP contribution in [0.25, 0.3) is 0 Å². The molecule has 0 spiro atoms. The lowest BCUT2D eigenvalue weighted by Gasteiger charge is -2.22. The molecule has 1 N–H and O–H groups in total. The number of hydrogen-bond donors (Lipinski definition) is 1. The van der Waals surface area contributed by atoms with Gasteiger partial charge >= 0.3 is 0 Å². The highest BCUT2D eigenvalue weighted by atomic mass is 16.5. The molecule has 0 amide bonds. The van der Waals surface area contributed by atoms with E-state index in [1.807, 2.05) is 20.2 Å². The van der Waals surface area contributed by atoms with Crippen LogP contribution >= 0.6 is 0 Å². The first-order chi connectivity index (χ1) is 8.80. The van der Waals surface area contributed by atoms with E-state index in [4.69, 9.17) is 4.52 Å². The minimum absolute atomic E-state index is 0.289. The molecule has 0 saturated heterocycles. The second-order valence-electron chi connectivity index (χ2n) is 6.41. The van der Waals surface area contributed by atoms with Crippen LogP contribution in [-0.2, 0) is 6.54 Å². The fourth-order valence-electron chi connectivity index (χ4n) is 2.67. The fourth-order valence-corrected chi connectivity index (χ4v) is 2.67. The predicted octanol–water partition coefficient (Wildman–Crippen LogP) is 2.12. The van der Waals surface area contributed by atoms with Crippen LogP contribution in [0.5, 0.6) is 0 Å². The van der Waals surface area contributed by atoms with E-state index in [1.165, 1.54) is 0 Å². The van der Waals surface area contributed by atoms with Gasteiger partial charge in [0.1, 0.15) is 12.0 Å². The standard InChI is InChI=1S/C14H24N4O/c1-13(2)11(14(13,3)4)16-12(15-5)18(6)9-10-7-8-19-17-10/h7-8,11H,9H2,1-6H3,(H,15,16). The van der Waals surface area contributed by atoms with Gasteiger partial charge in [-0.05, 0) is 10.8 Å². The van der Waals surface area contributed by atoms with E-state index in [-0.39, 0.29) is 10.8 Å². The van der Waals surface area contributed by atoms with Gasteiger partial charge in [-0.3, -0.25) is 4.99 Å². The van der Waals surface area contributed by atoms with E-state index in [1.54, 1.807) is 6.26 Å². The Labute approximate surface area is 115 Å². The Bertz CT molecular complexity index is 448. The van der Waals surface area contributed by atoms with Crippen molar-refractivity contribution in [2.75, 3.05) is 14.1 Å². The number of aliphatic imine (C=N–C) groups is 1. The molecule has 1 fully saturated rings. The lowest BCUT2D eigenvalue weighted by Crippen LogP contribution is -2.41. The Balaban J connectivity index is 1.99. The molecule has 106 valence electrons. The zero-order chi connectivity index (χ0) is 14.3. The molecule has 1 aromatic rings. The SMILES string of the molecule is CN=C(NC1C(C)(C)C1(C)C)N(C)Cc1ccon1. The minimum Gasteiger partial charge on any atom is -0.364 e. The quantitative estimate of drug-likeness (QED) is 0.671. The Hall–Kier alpha value is -1.52. The van der Waals surface area contributed by atoms with E-state index in [2.05, 4.69) is 48.1 Å². The highest BCUT2D eigenvalue weighted by Crippen LogP contribution is 2.62. The number of nitrogens with zero attached hydrogens (tertiary/aromatic N) is 3. The summed E-state index contributed by atoms with van der Waals surface area (Å²) in [6, 6.07) is 2.31. The summed E-state index contributed by atoms with van der Waals surface area (Å²) in [6.07, 6.45) is 1.59. The molecule has 5 heteroatoms. The molecule has 0 aliphatic heterocycles. The second kappa shape index (κ2) is 4.54. The zero-order valence-corrected chi connectivity index (χ0v) is 12.7. The van der Waals surface area contributed by atoms with Gasteiger partial charge in [0.2, 0.25) is 0 Å². The number of aromatic nitrogens is 1. The van der Waals surface area contributed by atoms with Crippen LogP contribution in [-0.4, -0.2) is 36.2 Å². The first-order valence-electron chi connectivity index (χ1n) is 6.64. The van der Waals surface area contributed by atoms with Crippen molar-refractivity contribution >= 4 is 5.96 Å². The first-order valence-corrected chi connectivity index (χ1v) is 6.64. The largest absolute Gasteiger partial charge is 0.364 e. The third kappa shape index (κ3) is 2.33. The van der Waals surface area contributed by atoms with Gasteiger partial charge in [-0.1, -0.05) is 32.9 Å². The molecule has 19 heavy (non-hydrogen) atoms. The lowest BCUT2D eigenvalue weighted by molar-refractivity contribution is 0.390. The zero-order valence-electron chi connectivity index (χ0n) is 12.7. The van der Waals surface area contributed by atoms with Gasteiger partial charge < -0.3 is 14.7 Å². The highest BCUT2D eigenvalue weighted by molar-refractivity contribution is 5.80. The van der Waals surface area contributed by atoms with Gasteiger partial charge in [-0.25, -0.2) is 0 Å². The Kier molecular flexibility index (Phi) is 3.32. The van der Waals surface area contributed by atoms with Crippen LogP contribution in [0.3, 0.4) is 0 Å². The third-order valence-corrected chi connectivity index (χ3v) is 4.76. The summed E-state index contributed by atoms with van der Waals surface area (Å²) in [5.41, 5.74) is 1.48. The summed E-state index contributed by atoms with van der Waals surface area (Å²) in [6.45, 7) is 9.83. The molecule has 2 rings (SSSR count). The van der Waals surface area contributed by atoms with Gasteiger partial charge in [0.25, 0.3) is 0 Å². The van der Waals surface area contributed by atoms with E-state index in [0.717, 1.165) is 11.7 Å². The summed E-state index contributed by atoms with van der Waals surface area (Å²) in [4.78, 5) is 6.41. The molecule has 0 unspecified atom stereocenters. The maximum Gasteiger partial charge on any atom is 0.193 e. The van der Waals surface area contributed by atoms with E-state index in [0.29, 0.717) is 12.6 Å². The molecule has 0 radical (unpaired) electrons. The third-order valence-electron chi connectivity index (χ3n) is 4.76. The van der Waals surface area contributed by atoms with Crippen molar-refractivity contribution < 1.29 is 4.52 Å². The van der Waals surface area contributed by atoms with E-state index < -0.39 is 0 Å². The van der Waals surface area contributed by atoms with Gasteiger partial charge in [-0.15, -0.1) is 0 Å². The molecular formula is C14H24N4O. The van der Waals surface area contributed by atoms with Crippen molar-refractivity contribution in [2.45, 2.75) is 40.3 Å². The Morgan fingerprint density at radius 3 is 2.47 bits per heavy atom. The van der Waals surface area contributed by atoms with E-state index in [9.17, 15) is 0 Å². The molecule has 1 saturated carbocycles. The average Bonchev–Trinajstić information content (AvgIpc) is 2.75. The topological polar surface area (TPSA) is 53.7 Å². The minimum atomic E-state index is 0.289. The molecule has 0 atom stereocenters. The summed E-state index contributed by atoms with van der Waals surface area (Å²) < 4.78 is 4.85. The van der Waals surface area contributed by atoms with Crippen molar-refractivity contribution in [1.29, 1.82) is 0 Å². The fraction of sp³-hybridized carbons (Fsp3) is 0.714. The van der Waals surface area contributed by atoms with Gasteiger partial charge in [0.05, 0.1) is 6.54 Å². The van der Waals surface area contributed by atoms with Crippen molar-refractivity contribution in [3.8, 4) is 0 Å². The summed E-state index contributed by atoms with van der Waals surface area (Å²) in [5.74, 6) is 0.895. The maximum absolute atomic E-state index is 4.85. The molecule has 0 aromatic carbocycles. The average molecular weight is 264 g/mol. The van der Waals surface area contributed by atoms with Crippen LogP contribution in [0.4, 0.5) is 0 Å². The van der Waals surface area contributed by atoms with Gasteiger partial charge in [0.15, 0.2) is 5.96 Å². The highest BCUT2D eigenvalue weighted by Gasteiger charge is 2.65. The van der Waals surface area contributed by atoms with Crippen molar-refractivity contribution in [1.82, 2.24) is 15.4 Å². The lowest BCUT2D eigenvalue weighted by atomic mass is 10.0. The summed E-state index contributed by atoms with van der Waals surface area (Å²) >= 11 is 0. The molecule has 1 heterocycles. The maximum atomic E-state index is 4.85. The van der Waals surface area contributed by atoms with Crippen LogP contribution < -0.4 is 5.32 Å². The summed E-state index contributed by atoms with van der Waals surface area (Å²) in [7, 11) is 3.82. The number of nitrogens with one attached hydrogen (secondary N) is 1. The normalized spacial score (nSPS) is 21.3. The molecule has 1 aliphatic rings. The van der Waals surface area contributed by atoms with E-state index >= 15 is 0 Å². The number of hydrogen-bond acceptors (Lipinski definition) is 3. The molecule has 0 bridgehead atoms. The van der Waals surface area contributed by atoms with Crippen molar-refractivity contribution in [3.05, 3.63) is 18.0 Å². The monoisotopic (exact) mass is 264 g/mol. The Morgan fingerprint density at radius 2 is 2.05 bits per heavy atom. The first kappa shape index (κ1) is 13.9. The smallest absolute Gasteiger partial charge is 0.193 e. The van der Waals surface area contributed by atoms with Crippen molar-refractivity contribution in [2.24, 2.45) is 15.8 Å². The predicted molar refractivity (Wildman–Crippen MR) is 75.8 cm³/mol. The number of rotatable bonds is 3.